The molecule has 6 nitrogen and oxygen atoms in total. The van der Waals surface area contributed by atoms with Crippen molar-refractivity contribution in [2.75, 3.05) is 13.1 Å². The van der Waals surface area contributed by atoms with Crippen LogP contribution in [0.1, 0.15) is 18.4 Å². The van der Waals surface area contributed by atoms with E-state index in [1.807, 2.05) is 5.01 Å². The number of carbonyl (C=O) groups is 1. The molecule has 0 N–H and O–H groups in total. The minimum absolute atomic E-state index is 0.00479. The van der Waals surface area contributed by atoms with Crippen LogP contribution in [0.5, 0.6) is 0 Å². The standard InChI is InChI=1S/C12H13N3O3/c16-9-12(13-14-7-1-2-8-14)10-3-5-11(6-4-10)15(17)18/h3-6,9H,1-2,7-8H2. The van der Waals surface area contributed by atoms with Gasteiger partial charge in [-0.05, 0) is 25.0 Å². The topological polar surface area (TPSA) is 75.8 Å². The van der Waals surface area contributed by atoms with E-state index in [0.29, 0.717) is 17.6 Å². The molecule has 0 aliphatic carbocycles. The van der Waals surface area contributed by atoms with Gasteiger partial charge in [-0.3, -0.25) is 19.9 Å². The van der Waals surface area contributed by atoms with Crippen LogP contribution in [-0.2, 0) is 4.79 Å². The average Bonchev–Trinajstić information content (AvgIpc) is 2.89. The lowest BCUT2D eigenvalue weighted by Gasteiger charge is -2.11. The lowest BCUT2D eigenvalue weighted by molar-refractivity contribution is -0.384. The van der Waals surface area contributed by atoms with E-state index in [0.717, 1.165) is 25.9 Å². The van der Waals surface area contributed by atoms with E-state index in [4.69, 9.17) is 0 Å². The Hall–Kier alpha value is -2.24. The molecule has 6 heteroatoms. The summed E-state index contributed by atoms with van der Waals surface area (Å²) in [5.74, 6) is 0. The summed E-state index contributed by atoms with van der Waals surface area (Å²) in [7, 11) is 0. The van der Waals surface area contributed by atoms with Gasteiger partial charge in [-0.1, -0.05) is 0 Å². The minimum atomic E-state index is -0.470. The van der Waals surface area contributed by atoms with Crippen molar-refractivity contribution < 1.29 is 9.72 Å². The van der Waals surface area contributed by atoms with Crippen molar-refractivity contribution in [3.63, 3.8) is 0 Å². The zero-order chi connectivity index (χ0) is 13.0. The quantitative estimate of drug-likeness (QED) is 0.350. The zero-order valence-corrected chi connectivity index (χ0v) is 9.78. The summed E-state index contributed by atoms with van der Waals surface area (Å²) in [5.41, 5.74) is 0.916. The molecule has 94 valence electrons. The molecule has 1 aromatic carbocycles. The van der Waals surface area contributed by atoms with Gasteiger partial charge in [0.25, 0.3) is 5.69 Å². The van der Waals surface area contributed by atoms with Gasteiger partial charge in [-0.2, -0.15) is 5.10 Å². The third-order valence-corrected chi connectivity index (χ3v) is 2.82. The number of carbonyl (C=O) groups excluding carboxylic acids is 1. The minimum Gasteiger partial charge on any atom is -0.296 e. The normalized spacial score (nSPS) is 15.8. The maximum absolute atomic E-state index is 11.0. The van der Waals surface area contributed by atoms with Crippen LogP contribution in [0.4, 0.5) is 5.69 Å². The average molecular weight is 247 g/mol. The van der Waals surface area contributed by atoms with Gasteiger partial charge in [0, 0.05) is 30.8 Å². The zero-order valence-electron chi connectivity index (χ0n) is 9.78. The van der Waals surface area contributed by atoms with E-state index in [1.165, 1.54) is 12.1 Å². The number of hydrazone groups is 1. The van der Waals surface area contributed by atoms with E-state index < -0.39 is 4.92 Å². The van der Waals surface area contributed by atoms with Crippen molar-refractivity contribution >= 4 is 17.7 Å². The highest BCUT2D eigenvalue weighted by Gasteiger charge is 2.12. The number of nitro groups is 1. The number of non-ortho nitro benzene ring substituents is 1. The molecule has 0 radical (unpaired) electrons. The predicted molar refractivity (Wildman–Crippen MR) is 66.5 cm³/mol. The van der Waals surface area contributed by atoms with Crippen LogP contribution in [0, 0.1) is 10.1 Å². The van der Waals surface area contributed by atoms with Crippen LogP contribution in [0.15, 0.2) is 29.4 Å². The number of rotatable bonds is 4. The largest absolute Gasteiger partial charge is 0.296 e. The van der Waals surface area contributed by atoms with Crippen molar-refractivity contribution in [2.24, 2.45) is 5.10 Å². The first-order chi connectivity index (χ1) is 8.70. The number of benzene rings is 1. The number of hydrogen-bond donors (Lipinski definition) is 0. The molecule has 2 rings (SSSR count). The van der Waals surface area contributed by atoms with Gasteiger partial charge in [0.2, 0.25) is 0 Å². The maximum atomic E-state index is 11.0. The molecule has 1 aliphatic heterocycles. The second kappa shape index (κ2) is 5.39. The van der Waals surface area contributed by atoms with E-state index in [-0.39, 0.29) is 5.69 Å². The molecule has 1 fully saturated rings. The van der Waals surface area contributed by atoms with Crippen LogP contribution in [-0.4, -0.2) is 35.0 Å². The van der Waals surface area contributed by atoms with Gasteiger partial charge < -0.3 is 0 Å². The first kappa shape index (κ1) is 12.2. The lowest BCUT2D eigenvalue weighted by Crippen LogP contribution is -2.16. The van der Waals surface area contributed by atoms with Crippen LogP contribution in [0.3, 0.4) is 0 Å². The molecule has 1 aromatic rings. The van der Waals surface area contributed by atoms with Gasteiger partial charge in [-0.25, -0.2) is 0 Å². The molecule has 0 aromatic heterocycles. The van der Waals surface area contributed by atoms with Crippen LogP contribution in [0.2, 0.25) is 0 Å². The summed E-state index contributed by atoms with van der Waals surface area (Å²) in [6.45, 7) is 1.70. The summed E-state index contributed by atoms with van der Waals surface area (Å²) >= 11 is 0. The van der Waals surface area contributed by atoms with Gasteiger partial charge in [0.05, 0.1) is 4.92 Å². The monoisotopic (exact) mass is 247 g/mol. The van der Waals surface area contributed by atoms with Gasteiger partial charge >= 0.3 is 0 Å². The van der Waals surface area contributed by atoms with E-state index in [2.05, 4.69) is 5.10 Å². The van der Waals surface area contributed by atoms with Gasteiger partial charge in [-0.15, -0.1) is 0 Å². The Morgan fingerprint density at radius 1 is 1.28 bits per heavy atom. The van der Waals surface area contributed by atoms with Gasteiger partial charge in [0.1, 0.15) is 5.71 Å². The molecule has 1 heterocycles. The van der Waals surface area contributed by atoms with E-state index >= 15 is 0 Å². The predicted octanol–water partition coefficient (Wildman–Crippen LogP) is 1.59. The molecule has 0 amide bonds. The van der Waals surface area contributed by atoms with Crippen molar-refractivity contribution in [3.8, 4) is 0 Å². The SMILES string of the molecule is O=CC(=NN1CCCC1)c1ccc([N+](=O)[O-])cc1. The van der Waals surface area contributed by atoms with Crippen molar-refractivity contribution in [2.45, 2.75) is 12.8 Å². The van der Waals surface area contributed by atoms with Crippen LogP contribution in [0.25, 0.3) is 0 Å². The molecular formula is C12H13N3O3. The summed E-state index contributed by atoms with van der Waals surface area (Å²) in [5, 5.41) is 16.6. The van der Waals surface area contributed by atoms with Crippen molar-refractivity contribution in [1.82, 2.24) is 5.01 Å². The number of aldehydes is 1. The second-order valence-corrected chi connectivity index (χ2v) is 4.07. The molecular weight excluding hydrogens is 234 g/mol. The summed E-state index contributed by atoms with van der Waals surface area (Å²) in [6, 6.07) is 5.83. The highest BCUT2D eigenvalue weighted by molar-refractivity contribution is 6.36. The Balaban J connectivity index is 2.21. The first-order valence-electron chi connectivity index (χ1n) is 5.74. The smallest absolute Gasteiger partial charge is 0.269 e. The van der Waals surface area contributed by atoms with E-state index in [9.17, 15) is 14.9 Å². The third-order valence-electron chi connectivity index (χ3n) is 2.82. The molecule has 0 unspecified atom stereocenters. The fourth-order valence-corrected chi connectivity index (χ4v) is 1.86. The Morgan fingerprint density at radius 3 is 2.39 bits per heavy atom. The molecule has 0 saturated carbocycles. The summed E-state index contributed by atoms with van der Waals surface area (Å²) in [6.07, 6.45) is 2.84. The molecule has 1 saturated heterocycles. The Bertz CT molecular complexity index is 476. The van der Waals surface area contributed by atoms with Gasteiger partial charge in [0.15, 0.2) is 6.29 Å². The Morgan fingerprint density at radius 2 is 1.89 bits per heavy atom. The Kier molecular flexibility index (Phi) is 3.66. The van der Waals surface area contributed by atoms with Crippen molar-refractivity contribution in [1.29, 1.82) is 0 Å². The molecule has 0 spiro atoms. The number of nitro benzene ring substituents is 1. The fourth-order valence-electron chi connectivity index (χ4n) is 1.86. The highest BCUT2D eigenvalue weighted by atomic mass is 16.6. The second-order valence-electron chi connectivity index (χ2n) is 4.07. The lowest BCUT2D eigenvalue weighted by atomic mass is 10.1. The summed E-state index contributed by atoms with van der Waals surface area (Å²) in [4.78, 5) is 21.1. The maximum Gasteiger partial charge on any atom is 0.269 e. The highest BCUT2D eigenvalue weighted by Crippen LogP contribution is 2.14. The molecule has 0 bridgehead atoms. The van der Waals surface area contributed by atoms with Crippen molar-refractivity contribution in [3.05, 3.63) is 39.9 Å². The molecule has 1 aliphatic rings. The van der Waals surface area contributed by atoms with E-state index in [1.54, 1.807) is 12.1 Å². The number of nitrogens with zero attached hydrogens (tertiary/aromatic N) is 3. The molecule has 18 heavy (non-hydrogen) atoms. The number of hydrogen-bond acceptors (Lipinski definition) is 5. The Labute approximate surface area is 104 Å². The molecule has 0 atom stereocenters. The van der Waals surface area contributed by atoms with Crippen LogP contribution >= 0.6 is 0 Å². The third kappa shape index (κ3) is 2.71. The summed E-state index contributed by atoms with van der Waals surface area (Å²) < 4.78 is 0. The first-order valence-corrected chi connectivity index (χ1v) is 5.74. The van der Waals surface area contributed by atoms with Crippen LogP contribution < -0.4 is 0 Å². The fraction of sp³-hybridized carbons (Fsp3) is 0.333.